The number of thioether (sulfide) groups is 1. The normalized spacial score (nSPS) is 15.6. The van der Waals surface area contributed by atoms with E-state index in [1.54, 1.807) is 6.08 Å². The van der Waals surface area contributed by atoms with Crippen molar-refractivity contribution < 1.29 is 37.4 Å². The molecule has 1 aromatic carbocycles. The monoisotopic (exact) mass is 434 g/mol. The van der Waals surface area contributed by atoms with Gasteiger partial charge >= 0.3 is 12.1 Å². The van der Waals surface area contributed by atoms with E-state index in [9.17, 15) is 22.8 Å². The molecule has 0 atom stereocenters. The van der Waals surface area contributed by atoms with E-state index in [4.69, 9.17) is 20.4 Å². The molecule has 0 aliphatic carbocycles. The van der Waals surface area contributed by atoms with Gasteiger partial charge in [-0.25, -0.2) is 4.79 Å². The second-order valence-corrected chi connectivity index (χ2v) is 7.16. The zero-order valence-electron chi connectivity index (χ0n) is 15.7. The van der Waals surface area contributed by atoms with Crippen LogP contribution in [0.15, 0.2) is 29.2 Å². The van der Waals surface area contributed by atoms with Crippen LogP contribution in [0.25, 0.3) is 6.08 Å². The van der Waals surface area contributed by atoms with Crippen LogP contribution >= 0.6 is 11.8 Å². The molecule has 7 nitrogen and oxygen atoms in total. The smallest absolute Gasteiger partial charge is 0.490 e. The zero-order valence-corrected chi connectivity index (χ0v) is 16.5. The molecule has 3 N–H and O–H groups in total. The van der Waals surface area contributed by atoms with Crippen molar-refractivity contribution in [2.24, 2.45) is 11.7 Å². The number of para-hydroxylation sites is 1. The van der Waals surface area contributed by atoms with E-state index in [0.29, 0.717) is 23.2 Å². The Labute approximate surface area is 169 Å². The highest BCUT2D eigenvalue weighted by Gasteiger charge is 2.38. The van der Waals surface area contributed by atoms with Gasteiger partial charge in [-0.15, -0.1) is 0 Å². The second-order valence-electron chi connectivity index (χ2n) is 6.17. The topological polar surface area (TPSA) is 110 Å². The number of benzene rings is 1. The Morgan fingerprint density at radius 1 is 1.31 bits per heavy atom. The van der Waals surface area contributed by atoms with Crippen LogP contribution in [0.3, 0.4) is 0 Å². The summed E-state index contributed by atoms with van der Waals surface area (Å²) in [5.41, 5.74) is 6.22. The molecule has 0 bridgehead atoms. The fourth-order valence-corrected chi connectivity index (χ4v) is 2.81. The lowest BCUT2D eigenvalue weighted by Crippen LogP contribution is -2.33. The first-order valence-corrected chi connectivity index (χ1v) is 9.26. The minimum atomic E-state index is -5.08. The Bertz CT molecular complexity index is 781. The third-order valence-corrected chi connectivity index (χ3v) is 4.15. The van der Waals surface area contributed by atoms with Gasteiger partial charge in [0.05, 0.1) is 11.5 Å². The van der Waals surface area contributed by atoms with E-state index in [1.165, 1.54) is 4.90 Å². The first kappa shape index (κ1) is 24.5. The highest BCUT2D eigenvalue weighted by atomic mass is 32.2. The van der Waals surface area contributed by atoms with Crippen molar-refractivity contribution in [2.45, 2.75) is 20.0 Å². The standard InChI is InChI=1S/C16H20N2O3S.C2HF3O2/c1-11(2)10-21-13-6-4-3-5-12(13)9-14-15(19)18(8-7-17)16(20)22-14;3-2(4,5)1(6)7/h3-6,9,11H,7-8,10,17H2,1-2H3;(H,6,7)/b14-9-;. The number of nitrogens with two attached hydrogens (primary N) is 1. The molecule has 29 heavy (non-hydrogen) atoms. The fourth-order valence-electron chi connectivity index (χ4n) is 1.95. The van der Waals surface area contributed by atoms with Gasteiger partial charge in [0.15, 0.2) is 0 Å². The summed E-state index contributed by atoms with van der Waals surface area (Å²) in [5, 5.41) is 6.85. The third kappa shape index (κ3) is 7.78. The van der Waals surface area contributed by atoms with Gasteiger partial charge in [-0.1, -0.05) is 32.0 Å². The molecule has 0 radical (unpaired) electrons. The van der Waals surface area contributed by atoms with Crippen LogP contribution in [-0.2, 0) is 9.59 Å². The van der Waals surface area contributed by atoms with Gasteiger partial charge in [-0.2, -0.15) is 13.2 Å². The van der Waals surface area contributed by atoms with Crippen molar-refractivity contribution in [3.8, 4) is 5.75 Å². The molecule has 0 spiro atoms. The number of rotatable bonds is 6. The van der Waals surface area contributed by atoms with Crippen molar-refractivity contribution >= 4 is 35.0 Å². The van der Waals surface area contributed by atoms with Gasteiger partial charge in [0.2, 0.25) is 0 Å². The summed E-state index contributed by atoms with van der Waals surface area (Å²) in [5.74, 6) is -1.93. The molecular formula is C18H21F3N2O5S. The highest BCUT2D eigenvalue weighted by Crippen LogP contribution is 2.33. The first-order chi connectivity index (χ1) is 13.5. The zero-order chi connectivity index (χ0) is 22.2. The number of hydrogen-bond acceptors (Lipinski definition) is 6. The molecule has 1 aliphatic rings. The van der Waals surface area contributed by atoms with E-state index >= 15 is 0 Å². The number of ether oxygens (including phenoxy) is 1. The maximum absolute atomic E-state index is 12.2. The summed E-state index contributed by atoms with van der Waals surface area (Å²) in [6.07, 6.45) is -3.38. The quantitative estimate of drug-likeness (QED) is 0.661. The van der Waals surface area contributed by atoms with Crippen LogP contribution in [0, 0.1) is 5.92 Å². The molecule has 1 aliphatic heterocycles. The van der Waals surface area contributed by atoms with Crippen molar-refractivity contribution in [3.05, 3.63) is 34.7 Å². The molecule has 1 fully saturated rings. The number of carboxylic acid groups (broad SMARTS) is 1. The van der Waals surface area contributed by atoms with Gasteiger partial charge in [-0.05, 0) is 29.8 Å². The third-order valence-electron chi connectivity index (χ3n) is 3.25. The lowest BCUT2D eigenvalue weighted by molar-refractivity contribution is -0.192. The van der Waals surface area contributed by atoms with Gasteiger partial charge in [-0.3, -0.25) is 14.5 Å². The summed E-state index contributed by atoms with van der Waals surface area (Å²) in [6, 6.07) is 7.48. The number of imide groups is 1. The predicted octanol–water partition coefficient (Wildman–Crippen LogP) is 3.35. The van der Waals surface area contributed by atoms with Gasteiger partial charge in [0.25, 0.3) is 11.1 Å². The minimum absolute atomic E-state index is 0.244. The maximum atomic E-state index is 12.2. The first-order valence-electron chi connectivity index (χ1n) is 8.44. The van der Waals surface area contributed by atoms with Crippen LogP contribution in [0.5, 0.6) is 5.75 Å². The predicted molar refractivity (Wildman–Crippen MR) is 102 cm³/mol. The van der Waals surface area contributed by atoms with Crippen LogP contribution in [0.4, 0.5) is 18.0 Å². The average molecular weight is 434 g/mol. The van der Waals surface area contributed by atoms with Gasteiger partial charge < -0.3 is 15.6 Å². The summed E-state index contributed by atoms with van der Waals surface area (Å²) in [6.45, 7) is 5.24. The summed E-state index contributed by atoms with van der Waals surface area (Å²) < 4.78 is 37.5. The van der Waals surface area contributed by atoms with Crippen molar-refractivity contribution in [2.75, 3.05) is 19.7 Å². The van der Waals surface area contributed by atoms with Gasteiger partial charge in [0.1, 0.15) is 5.75 Å². The SMILES string of the molecule is CC(C)COc1ccccc1/C=C1\SC(=O)N(CCN)C1=O.O=C(O)C(F)(F)F. The molecule has 0 aromatic heterocycles. The lowest BCUT2D eigenvalue weighted by Gasteiger charge is -2.11. The molecule has 0 saturated carbocycles. The Kier molecular flexibility index (Phi) is 9.18. The van der Waals surface area contributed by atoms with Crippen LogP contribution in [-0.4, -0.2) is 53.0 Å². The number of carbonyl (C=O) groups is 3. The van der Waals surface area contributed by atoms with E-state index in [-0.39, 0.29) is 24.2 Å². The minimum Gasteiger partial charge on any atom is -0.493 e. The lowest BCUT2D eigenvalue weighted by atomic mass is 10.1. The Balaban J connectivity index is 0.000000516. The molecule has 0 unspecified atom stereocenters. The number of amides is 2. The highest BCUT2D eigenvalue weighted by molar-refractivity contribution is 8.18. The summed E-state index contributed by atoms with van der Waals surface area (Å²) in [7, 11) is 0. The molecule has 1 heterocycles. The number of alkyl halides is 3. The Morgan fingerprint density at radius 2 is 1.90 bits per heavy atom. The maximum Gasteiger partial charge on any atom is 0.490 e. The van der Waals surface area contributed by atoms with Crippen molar-refractivity contribution in [1.82, 2.24) is 4.90 Å². The van der Waals surface area contributed by atoms with E-state index < -0.39 is 12.1 Å². The second kappa shape index (κ2) is 10.9. The van der Waals surface area contributed by atoms with Crippen molar-refractivity contribution in [3.63, 3.8) is 0 Å². The Morgan fingerprint density at radius 3 is 2.41 bits per heavy atom. The van der Waals surface area contributed by atoms with E-state index in [2.05, 4.69) is 13.8 Å². The average Bonchev–Trinajstić information content (AvgIpc) is 2.88. The largest absolute Gasteiger partial charge is 0.493 e. The van der Waals surface area contributed by atoms with Crippen LogP contribution < -0.4 is 10.5 Å². The number of nitrogens with zero attached hydrogens (tertiary/aromatic N) is 1. The van der Waals surface area contributed by atoms with Crippen LogP contribution in [0.2, 0.25) is 0 Å². The van der Waals surface area contributed by atoms with Gasteiger partial charge in [0, 0.05) is 18.7 Å². The van der Waals surface area contributed by atoms with E-state index in [0.717, 1.165) is 17.3 Å². The molecule has 2 rings (SSSR count). The number of hydrogen-bond donors (Lipinski definition) is 2. The van der Waals surface area contributed by atoms with E-state index in [1.807, 2.05) is 24.3 Å². The fraction of sp³-hybridized carbons (Fsp3) is 0.389. The molecule has 11 heteroatoms. The number of aliphatic carboxylic acids is 1. The Hall–Kier alpha value is -2.53. The number of carboxylic acids is 1. The molecule has 1 aromatic rings. The van der Waals surface area contributed by atoms with Crippen LogP contribution in [0.1, 0.15) is 19.4 Å². The number of halogens is 3. The summed E-state index contributed by atoms with van der Waals surface area (Å²) >= 11 is 0.937. The molecule has 1 saturated heterocycles. The molecule has 160 valence electrons. The summed E-state index contributed by atoms with van der Waals surface area (Å²) in [4.78, 5) is 34.5. The molecular weight excluding hydrogens is 413 g/mol. The molecule has 2 amide bonds. The number of carbonyl (C=O) groups excluding carboxylic acids is 2. The van der Waals surface area contributed by atoms with Crippen molar-refractivity contribution in [1.29, 1.82) is 0 Å².